The monoisotopic (exact) mass is 405 g/mol. The Morgan fingerprint density at radius 1 is 0.967 bits per heavy atom. The van der Waals surface area contributed by atoms with Crippen LogP contribution in [0, 0.1) is 0 Å². The predicted octanol–water partition coefficient (Wildman–Crippen LogP) is 1.67. The van der Waals surface area contributed by atoms with E-state index >= 15 is 0 Å². The minimum Gasteiger partial charge on any atom is -0.454 e. The Hall–Kier alpha value is -3.94. The van der Waals surface area contributed by atoms with E-state index in [1.54, 1.807) is 12.1 Å². The summed E-state index contributed by atoms with van der Waals surface area (Å²) in [6.45, 7) is -0.624. The molecular weight excluding hydrogens is 386 g/mol. The molecule has 0 saturated carbocycles. The number of carbonyl (C=O) groups excluding carboxylic acids is 4. The molecule has 2 heterocycles. The maximum Gasteiger partial charge on any atom is 0.326 e. The molecule has 2 aromatic carbocycles. The van der Waals surface area contributed by atoms with Crippen LogP contribution in [-0.4, -0.2) is 53.3 Å². The molecule has 1 aliphatic heterocycles. The summed E-state index contributed by atoms with van der Waals surface area (Å²) in [5.41, 5.74) is 2.62. The highest BCUT2D eigenvalue weighted by molar-refractivity contribution is 6.22. The first-order valence-corrected chi connectivity index (χ1v) is 9.47. The van der Waals surface area contributed by atoms with Crippen molar-refractivity contribution in [1.29, 1.82) is 0 Å². The smallest absolute Gasteiger partial charge is 0.326 e. The highest BCUT2D eigenvalue weighted by Crippen LogP contribution is 2.22. The largest absolute Gasteiger partial charge is 0.454 e. The normalized spacial score (nSPS) is 12.9. The summed E-state index contributed by atoms with van der Waals surface area (Å²) in [4.78, 5) is 52.4. The number of nitrogens with one attached hydrogen (secondary N) is 2. The maximum absolute atomic E-state index is 12.2. The Morgan fingerprint density at radius 2 is 1.63 bits per heavy atom. The van der Waals surface area contributed by atoms with Gasteiger partial charge in [0.05, 0.1) is 11.1 Å². The first-order chi connectivity index (χ1) is 14.5. The quantitative estimate of drug-likeness (QED) is 0.459. The lowest BCUT2D eigenvalue weighted by Gasteiger charge is -2.13. The molecule has 0 atom stereocenters. The Bertz CT molecular complexity index is 1120. The number of hydrogen-bond acceptors (Lipinski definition) is 5. The average molecular weight is 405 g/mol. The number of amides is 3. The van der Waals surface area contributed by atoms with Gasteiger partial charge in [-0.25, -0.2) is 0 Å². The Kier molecular flexibility index (Phi) is 5.30. The molecule has 152 valence electrons. The van der Waals surface area contributed by atoms with Gasteiger partial charge in [-0.05, 0) is 30.2 Å². The zero-order valence-corrected chi connectivity index (χ0v) is 16.0. The molecule has 3 aromatic rings. The lowest BCUT2D eigenvalue weighted by molar-refractivity contribution is -0.148. The molecule has 0 spiro atoms. The summed E-state index contributed by atoms with van der Waals surface area (Å²) in [7, 11) is 0. The number of para-hydroxylation sites is 1. The molecule has 0 radical (unpaired) electrons. The van der Waals surface area contributed by atoms with Crippen LogP contribution in [0.1, 0.15) is 26.3 Å². The van der Waals surface area contributed by atoms with Crippen LogP contribution >= 0.6 is 0 Å². The molecule has 30 heavy (non-hydrogen) atoms. The number of fused-ring (bicyclic) bond motifs is 2. The van der Waals surface area contributed by atoms with Gasteiger partial charge in [-0.15, -0.1) is 0 Å². The number of hydrogen-bond donors (Lipinski definition) is 2. The number of carbonyl (C=O) groups is 4. The molecule has 1 aromatic heterocycles. The predicted molar refractivity (Wildman–Crippen MR) is 108 cm³/mol. The Morgan fingerprint density at radius 3 is 2.37 bits per heavy atom. The van der Waals surface area contributed by atoms with Crippen molar-refractivity contribution < 1.29 is 23.9 Å². The first-order valence-electron chi connectivity index (χ1n) is 9.47. The SMILES string of the molecule is O=C(COC(=O)CN1C(=O)c2ccccc2C1=O)NCCc1c[nH]c2ccccc12. The number of aromatic nitrogens is 1. The van der Waals surface area contributed by atoms with Gasteiger partial charge < -0.3 is 15.0 Å². The molecule has 0 fully saturated rings. The standard InChI is InChI=1S/C22H19N3O5/c26-19(23-10-9-14-11-24-18-8-4-3-5-15(14)18)13-30-20(27)12-25-21(28)16-6-1-2-7-17(16)22(25)29/h1-8,11,24H,9-10,12-13H2,(H,23,26). The molecule has 1 aliphatic rings. The van der Waals surface area contributed by atoms with Gasteiger partial charge in [0, 0.05) is 23.6 Å². The van der Waals surface area contributed by atoms with E-state index in [0.29, 0.717) is 13.0 Å². The van der Waals surface area contributed by atoms with Crippen LogP contribution in [0.2, 0.25) is 0 Å². The van der Waals surface area contributed by atoms with Crippen molar-refractivity contribution in [2.45, 2.75) is 6.42 Å². The summed E-state index contributed by atoms with van der Waals surface area (Å²) in [5.74, 6) is -2.37. The van der Waals surface area contributed by atoms with E-state index in [-0.39, 0.29) is 11.1 Å². The highest BCUT2D eigenvalue weighted by atomic mass is 16.5. The fourth-order valence-corrected chi connectivity index (χ4v) is 3.43. The fraction of sp³-hybridized carbons (Fsp3) is 0.182. The van der Waals surface area contributed by atoms with Crippen molar-refractivity contribution in [2.75, 3.05) is 19.7 Å². The number of benzene rings is 2. The van der Waals surface area contributed by atoms with E-state index in [2.05, 4.69) is 10.3 Å². The second kappa shape index (κ2) is 8.20. The van der Waals surface area contributed by atoms with Gasteiger partial charge in [0.2, 0.25) is 0 Å². The van der Waals surface area contributed by atoms with Crippen LogP contribution < -0.4 is 5.32 Å². The van der Waals surface area contributed by atoms with Gasteiger partial charge >= 0.3 is 5.97 Å². The topological polar surface area (TPSA) is 109 Å². The number of esters is 1. The Balaban J connectivity index is 1.22. The van der Waals surface area contributed by atoms with Crippen LogP contribution in [0.15, 0.2) is 54.7 Å². The fourth-order valence-electron chi connectivity index (χ4n) is 3.43. The van der Waals surface area contributed by atoms with E-state index in [0.717, 1.165) is 21.4 Å². The van der Waals surface area contributed by atoms with E-state index in [1.807, 2.05) is 30.5 Å². The van der Waals surface area contributed by atoms with Crippen LogP contribution in [0.5, 0.6) is 0 Å². The second-order valence-electron chi connectivity index (χ2n) is 6.86. The molecule has 4 rings (SSSR count). The molecule has 2 N–H and O–H groups in total. The summed E-state index contributed by atoms with van der Waals surface area (Å²) < 4.78 is 4.92. The third kappa shape index (κ3) is 3.80. The molecule has 0 aliphatic carbocycles. The van der Waals surface area contributed by atoms with Crippen LogP contribution in [0.3, 0.4) is 0 Å². The molecule has 0 unspecified atom stereocenters. The van der Waals surface area contributed by atoms with Gasteiger partial charge in [0.15, 0.2) is 6.61 Å². The average Bonchev–Trinajstić information content (AvgIpc) is 3.27. The molecule has 3 amide bonds. The Labute approximate surface area is 171 Å². The summed E-state index contributed by atoms with van der Waals surface area (Å²) >= 11 is 0. The van der Waals surface area contributed by atoms with Gasteiger partial charge in [0.1, 0.15) is 6.54 Å². The third-order valence-electron chi connectivity index (χ3n) is 4.92. The van der Waals surface area contributed by atoms with Crippen molar-refractivity contribution in [1.82, 2.24) is 15.2 Å². The van der Waals surface area contributed by atoms with Gasteiger partial charge in [-0.1, -0.05) is 30.3 Å². The lowest BCUT2D eigenvalue weighted by atomic mass is 10.1. The van der Waals surface area contributed by atoms with Crippen LogP contribution in [-0.2, 0) is 20.7 Å². The molecule has 8 heteroatoms. The molecule has 0 bridgehead atoms. The zero-order chi connectivity index (χ0) is 21.1. The van der Waals surface area contributed by atoms with Gasteiger partial charge in [0.25, 0.3) is 17.7 Å². The van der Waals surface area contributed by atoms with Crippen LogP contribution in [0.4, 0.5) is 0 Å². The van der Waals surface area contributed by atoms with Crippen molar-refractivity contribution >= 4 is 34.6 Å². The summed E-state index contributed by atoms with van der Waals surface area (Å²) in [6, 6.07) is 14.2. The van der Waals surface area contributed by atoms with E-state index in [9.17, 15) is 19.2 Å². The van der Waals surface area contributed by atoms with Gasteiger partial charge in [-0.3, -0.25) is 24.1 Å². The van der Waals surface area contributed by atoms with Crippen molar-refractivity contribution in [3.63, 3.8) is 0 Å². The first kappa shape index (κ1) is 19.4. The number of aromatic amines is 1. The number of H-pyrrole nitrogens is 1. The lowest BCUT2D eigenvalue weighted by Crippen LogP contribution is -2.37. The second-order valence-corrected chi connectivity index (χ2v) is 6.86. The third-order valence-corrected chi connectivity index (χ3v) is 4.92. The van der Waals surface area contributed by atoms with E-state index < -0.39 is 36.8 Å². The summed E-state index contributed by atoms with van der Waals surface area (Å²) in [5, 5.41) is 3.79. The van der Waals surface area contributed by atoms with Crippen molar-refractivity contribution in [2.24, 2.45) is 0 Å². The molecular formula is C22H19N3O5. The van der Waals surface area contributed by atoms with E-state index in [4.69, 9.17) is 4.74 Å². The number of ether oxygens (including phenoxy) is 1. The molecule has 0 saturated heterocycles. The summed E-state index contributed by atoms with van der Waals surface area (Å²) in [6.07, 6.45) is 2.53. The van der Waals surface area contributed by atoms with Crippen LogP contribution in [0.25, 0.3) is 10.9 Å². The minimum atomic E-state index is -0.823. The van der Waals surface area contributed by atoms with E-state index in [1.165, 1.54) is 12.1 Å². The molecule has 8 nitrogen and oxygen atoms in total. The number of nitrogens with zero attached hydrogens (tertiary/aromatic N) is 1. The number of imide groups is 1. The highest BCUT2D eigenvalue weighted by Gasteiger charge is 2.36. The van der Waals surface area contributed by atoms with Gasteiger partial charge in [-0.2, -0.15) is 0 Å². The van der Waals surface area contributed by atoms with Crippen molar-refractivity contribution in [3.8, 4) is 0 Å². The minimum absolute atomic E-state index is 0.255. The maximum atomic E-state index is 12.2. The van der Waals surface area contributed by atoms with Crippen molar-refractivity contribution in [3.05, 3.63) is 71.4 Å². The zero-order valence-electron chi connectivity index (χ0n) is 16.0. The number of rotatable bonds is 7.